The highest BCUT2D eigenvalue weighted by atomic mass is 32.1. The normalized spacial score (nSPS) is 11.8. The van der Waals surface area contributed by atoms with Crippen LogP contribution in [0.3, 0.4) is 0 Å². The number of fused-ring (bicyclic) bond motifs is 5. The molecule has 0 N–H and O–H groups in total. The van der Waals surface area contributed by atoms with E-state index in [-0.39, 0.29) is 0 Å². The highest BCUT2D eigenvalue weighted by molar-refractivity contribution is 7.36. The van der Waals surface area contributed by atoms with Crippen molar-refractivity contribution >= 4 is 52.2 Å². The molecule has 0 saturated heterocycles. The van der Waals surface area contributed by atoms with E-state index in [9.17, 15) is 0 Å². The quantitative estimate of drug-likeness (QED) is 0.159. The molecule has 0 aliphatic rings. The number of thiophene rings is 2. The van der Waals surface area contributed by atoms with Gasteiger partial charge in [0.05, 0.1) is 9.40 Å². The zero-order chi connectivity index (χ0) is 23.2. The van der Waals surface area contributed by atoms with Gasteiger partial charge in [-0.05, 0) is 48.1 Å². The number of rotatable bonds is 12. The number of aryl methyl sites for hydroxylation is 1. The Bertz CT molecular complexity index is 1350. The topological polar surface area (TPSA) is 9.23 Å². The molecule has 0 radical (unpaired) electrons. The average molecular weight is 487 g/mol. The molecule has 0 fully saturated rings. The fraction of sp³-hybridized carbons (Fsp3) is 0.355. The van der Waals surface area contributed by atoms with Gasteiger partial charge in [-0.15, -0.1) is 22.7 Å². The van der Waals surface area contributed by atoms with E-state index in [2.05, 4.69) is 66.7 Å². The highest BCUT2D eigenvalue weighted by Gasteiger charge is 2.13. The van der Waals surface area contributed by atoms with Gasteiger partial charge in [0.1, 0.15) is 0 Å². The third-order valence-electron chi connectivity index (χ3n) is 6.82. The predicted octanol–water partition coefficient (Wildman–Crippen LogP) is 10.2. The SMILES string of the molecule is COCCCCCCCCCCc1ccc2c(c1)sc1c3ccc(-c4ccccc4)cc3sc21. The molecular weight excluding hydrogens is 452 g/mol. The fourth-order valence-corrected chi connectivity index (χ4v) is 7.66. The Labute approximate surface area is 211 Å². The maximum absolute atomic E-state index is 5.12. The van der Waals surface area contributed by atoms with Gasteiger partial charge in [0.25, 0.3) is 0 Å². The molecular formula is C31H34OS2. The smallest absolute Gasteiger partial charge is 0.0542 e. The summed E-state index contributed by atoms with van der Waals surface area (Å²) < 4.78 is 10.9. The van der Waals surface area contributed by atoms with Crippen molar-refractivity contribution in [2.45, 2.75) is 57.8 Å². The first-order valence-electron chi connectivity index (χ1n) is 12.8. The monoisotopic (exact) mass is 486 g/mol. The van der Waals surface area contributed by atoms with Crippen LogP contribution >= 0.6 is 22.7 Å². The minimum atomic E-state index is 0.915. The maximum atomic E-state index is 5.12. The summed E-state index contributed by atoms with van der Waals surface area (Å²) in [6.07, 6.45) is 11.9. The van der Waals surface area contributed by atoms with Crippen LogP contribution in [0.1, 0.15) is 56.9 Å². The van der Waals surface area contributed by atoms with Crippen molar-refractivity contribution < 1.29 is 4.74 Å². The minimum Gasteiger partial charge on any atom is -0.385 e. The van der Waals surface area contributed by atoms with Crippen LogP contribution < -0.4 is 0 Å². The Morgan fingerprint density at radius 3 is 1.91 bits per heavy atom. The van der Waals surface area contributed by atoms with Gasteiger partial charge in [-0.25, -0.2) is 0 Å². The van der Waals surface area contributed by atoms with Gasteiger partial charge >= 0.3 is 0 Å². The molecule has 3 aromatic carbocycles. The highest BCUT2D eigenvalue weighted by Crippen LogP contribution is 2.45. The van der Waals surface area contributed by atoms with E-state index in [0.29, 0.717) is 0 Å². The van der Waals surface area contributed by atoms with Crippen molar-refractivity contribution in [1.82, 2.24) is 0 Å². The molecule has 34 heavy (non-hydrogen) atoms. The molecule has 0 spiro atoms. The van der Waals surface area contributed by atoms with Crippen molar-refractivity contribution in [3.8, 4) is 11.1 Å². The molecule has 0 unspecified atom stereocenters. The summed E-state index contributed by atoms with van der Waals surface area (Å²) in [5, 5.41) is 2.84. The fourth-order valence-electron chi connectivity index (χ4n) is 4.90. The summed E-state index contributed by atoms with van der Waals surface area (Å²) in [6.45, 7) is 0.915. The van der Waals surface area contributed by atoms with E-state index in [4.69, 9.17) is 4.74 Å². The molecule has 1 nitrogen and oxygen atoms in total. The van der Waals surface area contributed by atoms with Crippen LogP contribution in [0.5, 0.6) is 0 Å². The Kier molecular flexibility index (Phi) is 7.95. The predicted molar refractivity (Wildman–Crippen MR) is 153 cm³/mol. The van der Waals surface area contributed by atoms with Crippen molar-refractivity contribution in [3.63, 3.8) is 0 Å². The lowest BCUT2D eigenvalue weighted by Crippen LogP contribution is -1.89. The Morgan fingerprint density at radius 2 is 1.21 bits per heavy atom. The second-order valence-corrected chi connectivity index (χ2v) is 11.4. The van der Waals surface area contributed by atoms with Crippen LogP contribution in [0, 0.1) is 0 Å². The molecule has 0 bridgehead atoms. The number of benzene rings is 3. The van der Waals surface area contributed by atoms with Crippen molar-refractivity contribution in [3.05, 3.63) is 72.3 Å². The van der Waals surface area contributed by atoms with Gasteiger partial charge < -0.3 is 4.74 Å². The summed E-state index contributed by atoms with van der Waals surface area (Å²) in [7, 11) is 1.79. The first-order valence-corrected chi connectivity index (χ1v) is 14.4. The van der Waals surface area contributed by atoms with E-state index in [1.807, 2.05) is 22.7 Å². The first-order chi connectivity index (χ1) is 16.8. The van der Waals surface area contributed by atoms with E-state index >= 15 is 0 Å². The van der Waals surface area contributed by atoms with Crippen molar-refractivity contribution in [2.24, 2.45) is 0 Å². The number of ether oxygens (including phenoxy) is 1. The summed E-state index contributed by atoms with van der Waals surface area (Å²) in [6, 6.07) is 24.8. The number of unbranched alkanes of at least 4 members (excludes halogenated alkanes) is 7. The molecule has 0 aliphatic carbocycles. The maximum Gasteiger partial charge on any atom is 0.0542 e. The van der Waals surface area contributed by atoms with Crippen LogP contribution in [0.15, 0.2) is 66.7 Å². The van der Waals surface area contributed by atoms with Gasteiger partial charge in [0.2, 0.25) is 0 Å². The lowest BCUT2D eigenvalue weighted by molar-refractivity contribution is 0.192. The third-order valence-corrected chi connectivity index (χ3v) is 9.32. The summed E-state index contributed by atoms with van der Waals surface area (Å²) in [4.78, 5) is 0. The second-order valence-electron chi connectivity index (χ2n) is 9.34. The Hall–Kier alpha value is -2.20. The molecule has 0 aliphatic heterocycles. The van der Waals surface area contributed by atoms with E-state index in [1.54, 1.807) is 7.11 Å². The van der Waals surface area contributed by atoms with Crippen LogP contribution in [-0.4, -0.2) is 13.7 Å². The number of hydrogen-bond acceptors (Lipinski definition) is 3. The lowest BCUT2D eigenvalue weighted by atomic mass is 10.0. The molecule has 2 aromatic heterocycles. The van der Waals surface area contributed by atoms with Gasteiger partial charge in [-0.2, -0.15) is 0 Å². The second kappa shape index (κ2) is 11.5. The third kappa shape index (κ3) is 5.38. The number of hydrogen-bond donors (Lipinski definition) is 0. The Morgan fingerprint density at radius 1 is 0.588 bits per heavy atom. The summed E-state index contributed by atoms with van der Waals surface area (Å²) in [5.41, 5.74) is 4.09. The zero-order valence-electron chi connectivity index (χ0n) is 20.1. The van der Waals surface area contributed by atoms with Crippen molar-refractivity contribution in [1.29, 1.82) is 0 Å². The van der Waals surface area contributed by atoms with Crippen LogP contribution in [0.2, 0.25) is 0 Å². The molecule has 0 atom stereocenters. The van der Waals surface area contributed by atoms with Gasteiger partial charge in [0.15, 0.2) is 0 Å². The van der Waals surface area contributed by atoms with Gasteiger partial charge in [0, 0.05) is 33.9 Å². The van der Waals surface area contributed by atoms with E-state index in [1.165, 1.54) is 104 Å². The largest absolute Gasteiger partial charge is 0.385 e. The van der Waals surface area contributed by atoms with Gasteiger partial charge in [-0.1, -0.05) is 93.1 Å². The molecule has 5 aromatic rings. The number of methoxy groups -OCH3 is 1. The van der Waals surface area contributed by atoms with Crippen LogP contribution in [0.4, 0.5) is 0 Å². The standard InChI is InChI=1S/C31H34OS2/c1-32-20-12-7-5-3-2-4-6-9-13-23-16-18-26-28(21-23)33-31-27-19-17-25(22-29(27)34-30(26)31)24-14-10-8-11-15-24/h8,10-11,14-19,21-22H,2-7,9,12-13,20H2,1H3. The summed E-state index contributed by atoms with van der Waals surface area (Å²) >= 11 is 3.92. The molecule has 5 rings (SSSR count). The van der Waals surface area contributed by atoms with Crippen molar-refractivity contribution in [2.75, 3.05) is 13.7 Å². The van der Waals surface area contributed by atoms with E-state index < -0.39 is 0 Å². The Balaban J connectivity index is 1.20. The molecule has 2 heterocycles. The average Bonchev–Trinajstić information content (AvgIpc) is 3.40. The summed E-state index contributed by atoms with van der Waals surface area (Å²) in [5.74, 6) is 0. The molecule has 0 amide bonds. The van der Waals surface area contributed by atoms with E-state index in [0.717, 1.165) is 6.61 Å². The lowest BCUT2D eigenvalue weighted by Gasteiger charge is -2.04. The molecule has 0 saturated carbocycles. The molecule has 176 valence electrons. The molecule has 3 heteroatoms. The van der Waals surface area contributed by atoms with Gasteiger partial charge in [-0.3, -0.25) is 0 Å². The zero-order valence-corrected chi connectivity index (χ0v) is 21.8. The van der Waals surface area contributed by atoms with Crippen LogP contribution in [0.25, 0.3) is 40.7 Å². The first kappa shape index (κ1) is 23.5. The minimum absolute atomic E-state index is 0.915. The van der Waals surface area contributed by atoms with Crippen LogP contribution in [-0.2, 0) is 11.2 Å².